The third-order valence-corrected chi connectivity index (χ3v) is 5.51. The van der Waals surface area contributed by atoms with Crippen LogP contribution in [0.25, 0.3) is 10.1 Å². The van der Waals surface area contributed by atoms with E-state index in [1.165, 1.54) is 0 Å². The minimum absolute atomic E-state index is 0.309. The first-order chi connectivity index (χ1) is 10.2. The van der Waals surface area contributed by atoms with Gasteiger partial charge in [0.1, 0.15) is 0 Å². The molecule has 112 valence electrons. The van der Waals surface area contributed by atoms with Gasteiger partial charge in [0.05, 0.1) is 6.61 Å². The molecule has 2 heterocycles. The van der Waals surface area contributed by atoms with Crippen molar-refractivity contribution in [1.82, 2.24) is 5.32 Å². The molecule has 0 aliphatic carbocycles. The minimum Gasteiger partial charge on any atom is -0.590 e. The lowest BCUT2D eigenvalue weighted by molar-refractivity contribution is -0.146. The van der Waals surface area contributed by atoms with E-state index in [1.807, 2.05) is 24.3 Å². The zero-order valence-corrected chi connectivity index (χ0v) is 12.9. The fraction of sp³-hybridized carbons (Fsp3) is 0.438. The topological polar surface area (TPSA) is 61.4 Å². The van der Waals surface area contributed by atoms with Gasteiger partial charge < -0.3 is 9.29 Å². The number of rotatable bonds is 4. The predicted molar refractivity (Wildman–Crippen MR) is 82.9 cm³/mol. The Kier molecular flexibility index (Phi) is 4.24. The average molecular weight is 305 g/mol. The highest BCUT2D eigenvalue weighted by Crippen LogP contribution is 2.43. The molecule has 0 saturated carbocycles. The molecule has 2 aromatic rings. The van der Waals surface area contributed by atoms with Crippen molar-refractivity contribution in [3.05, 3.63) is 34.7 Å². The summed E-state index contributed by atoms with van der Waals surface area (Å²) in [6.07, 6.45) is 2.64. The summed E-state index contributed by atoms with van der Waals surface area (Å²) in [7, 11) is -1.26. The predicted octanol–water partition coefficient (Wildman–Crippen LogP) is 3.10. The molecule has 3 rings (SSSR count). The van der Waals surface area contributed by atoms with Crippen molar-refractivity contribution in [2.75, 3.05) is 13.2 Å². The number of unbranched alkanes of at least 4 members (excludes halogenated alkanes) is 1. The van der Waals surface area contributed by atoms with Crippen molar-refractivity contribution in [2.24, 2.45) is 0 Å². The molecular formula is C16H19NO3S. The normalized spacial score (nSPS) is 18.6. The van der Waals surface area contributed by atoms with E-state index in [-0.39, 0.29) is 5.97 Å². The molecule has 0 bridgehead atoms. The highest BCUT2D eigenvalue weighted by molar-refractivity contribution is 7.32. The molecule has 1 aliphatic heterocycles. The first-order valence-corrected chi connectivity index (χ1v) is 8.53. The van der Waals surface area contributed by atoms with Crippen LogP contribution in [-0.2, 0) is 16.0 Å². The van der Waals surface area contributed by atoms with Crippen molar-refractivity contribution >= 4 is 26.8 Å². The SMILES string of the molecule is CCCCOC(=O)C1NCCc2c1[s+]([O-])c1ccccc21. The summed E-state index contributed by atoms with van der Waals surface area (Å²) in [5.41, 5.74) is 1.06. The van der Waals surface area contributed by atoms with E-state index < -0.39 is 16.8 Å². The van der Waals surface area contributed by atoms with Gasteiger partial charge in [0, 0.05) is 17.5 Å². The van der Waals surface area contributed by atoms with Crippen molar-refractivity contribution in [1.29, 1.82) is 0 Å². The number of fused-ring (bicyclic) bond motifs is 3. The largest absolute Gasteiger partial charge is 0.590 e. The van der Waals surface area contributed by atoms with Crippen molar-refractivity contribution in [3.8, 4) is 0 Å². The first kappa shape index (κ1) is 14.5. The van der Waals surface area contributed by atoms with Gasteiger partial charge in [0.25, 0.3) is 0 Å². The highest BCUT2D eigenvalue weighted by atomic mass is 32.2. The molecule has 2 atom stereocenters. The van der Waals surface area contributed by atoms with Gasteiger partial charge in [-0.05, 0) is 35.7 Å². The van der Waals surface area contributed by atoms with Crippen molar-refractivity contribution < 1.29 is 14.1 Å². The van der Waals surface area contributed by atoms with Gasteiger partial charge in [0.15, 0.2) is 15.6 Å². The maximum absolute atomic E-state index is 12.7. The second-order valence-corrected chi connectivity index (χ2v) is 6.68. The number of nitrogens with one attached hydrogen (secondary N) is 1. The maximum Gasteiger partial charge on any atom is 0.332 e. The lowest BCUT2D eigenvalue weighted by atomic mass is 10.00. The monoisotopic (exact) mass is 305 g/mol. The summed E-state index contributed by atoms with van der Waals surface area (Å²) in [6.45, 7) is 3.18. The number of benzene rings is 1. The van der Waals surface area contributed by atoms with Gasteiger partial charge in [-0.25, -0.2) is 4.79 Å². The van der Waals surface area contributed by atoms with E-state index in [0.717, 1.165) is 34.9 Å². The van der Waals surface area contributed by atoms with Gasteiger partial charge in [0.2, 0.25) is 0 Å². The van der Waals surface area contributed by atoms with Crippen LogP contribution in [0.1, 0.15) is 36.2 Å². The summed E-state index contributed by atoms with van der Waals surface area (Å²) >= 11 is 0. The number of carbonyl (C=O) groups is 1. The summed E-state index contributed by atoms with van der Waals surface area (Å²) in [5, 5.41) is 4.18. The van der Waals surface area contributed by atoms with Crippen LogP contribution in [-0.4, -0.2) is 23.7 Å². The second kappa shape index (κ2) is 6.13. The van der Waals surface area contributed by atoms with Crippen LogP contribution in [0.4, 0.5) is 0 Å². The van der Waals surface area contributed by atoms with E-state index in [2.05, 4.69) is 12.2 Å². The number of thiophene rings is 1. The molecule has 1 N–H and O–H groups in total. The molecule has 0 fully saturated rings. The van der Waals surface area contributed by atoms with Gasteiger partial charge in [-0.15, -0.1) is 0 Å². The lowest BCUT2D eigenvalue weighted by Gasteiger charge is -2.20. The fourth-order valence-corrected chi connectivity index (χ4v) is 4.46. The molecule has 2 unspecified atom stereocenters. The number of carbonyl (C=O) groups excluding carboxylic acids is 1. The third-order valence-electron chi connectivity index (χ3n) is 3.87. The van der Waals surface area contributed by atoms with Crippen molar-refractivity contribution in [3.63, 3.8) is 0 Å². The second-order valence-electron chi connectivity index (χ2n) is 5.27. The number of hydrogen-bond donors (Lipinski definition) is 1. The Hall–Kier alpha value is -1.43. The molecule has 21 heavy (non-hydrogen) atoms. The van der Waals surface area contributed by atoms with Crippen LogP contribution in [0.3, 0.4) is 0 Å². The van der Waals surface area contributed by atoms with Crippen LogP contribution in [0.5, 0.6) is 0 Å². The van der Waals surface area contributed by atoms with E-state index in [1.54, 1.807) is 0 Å². The number of ether oxygens (including phenoxy) is 1. The minimum atomic E-state index is -1.26. The molecule has 1 aromatic carbocycles. The first-order valence-electron chi connectivity index (χ1n) is 7.38. The Morgan fingerprint density at radius 3 is 3.10 bits per heavy atom. The Labute approximate surface area is 126 Å². The summed E-state index contributed by atoms with van der Waals surface area (Å²) in [5.74, 6) is -0.309. The zero-order chi connectivity index (χ0) is 14.8. The quantitative estimate of drug-likeness (QED) is 0.535. The molecule has 0 saturated heterocycles. The van der Waals surface area contributed by atoms with E-state index in [4.69, 9.17) is 4.74 Å². The van der Waals surface area contributed by atoms with Gasteiger partial charge in [-0.1, -0.05) is 25.5 Å². The Morgan fingerprint density at radius 1 is 1.48 bits per heavy atom. The molecule has 5 heteroatoms. The Balaban J connectivity index is 1.96. The molecule has 0 spiro atoms. The van der Waals surface area contributed by atoms with Crippen LogP contribution in [0.2, 0.25) is 0 Å². The van der Waals surface area contributed by atoms with Crippen LogP contribution in [0.15, 0.2) is 24.3 Å². The third kappa shape index (κ3) is 2.57. The summed E-state index contributed by atoms with van der Waals surface area (Å²) < 4.78 is 18.8. The number of hydrogen-bond acceptors (Lipinski definition) is 4. The molecule has 0 radical (unpaired) electrons. The van der Waals surface area contributed by atoms with E-state index in [9.17, 15) is 9.35 Å². The fourth-order valence-electron chi connectivity index (χ4n) is 2.80. The Morgan fingerprint density at radius 2 is 2.29 bits per heavy atom. The molecule has 1 aliphatic rings. The summed E-state index contributed by atoms with van der Waals surface area (Å²) in [6, 6.07) is 7.13. The molecule has 4 nitrogen and oxygen atoms in total. The highest BCUT2D eigenvalue weighted by Gasteiger charge is 2.37. The maximum atomic E-state index is 12.7. The standard InChI is InChI=1S/C16H19NO3S/c1-2-3-10-20-16(18)14-15-12(8-9-17-14)11-6-4-5-7-13(11)21(15)19/h4-7,14,17H,2-3,8-10H2,1H3. The van der Waals surface area contributed by atoms with E-state index >= 15 is 0 Å². The zero-order valence-electron chi connectivity index (χ0n) is 12.1. The van der Waals surface area contributed by atoms with Crippen molar-refractivity contribution in [2.45, 2.75) is 32.2 Å². The van der Waals surface area contributed by atoms with Crippen LogP contribution < -0.4 is 5.32 Å². The Bertz CT molecular complexity index is 665. The molecule has 0 amide bonds. The lowest BCUT2D eigenvalue weighted by Crippen LogP contribution is -2.35. The summed E-state index contributed by atoms with van der Waals surface area (Å²) in [4.78, 5) is 13.0. The van der Waals surface area contributed by atoms with Crippen LogP contribution in [0, 0.1) is 0 Å². The smallest absolute Gasteiger partial charge is 0.332 e. The van der Waals surface area contributed by atoms with Gasteiger partial charge in [-0.2, -0.15) is 0 Å². The average Bonchev–Trinajstić information content (AvgIpc) is 2.81. The molecule has 1 aromatic heterocycles. The van der Waals surface area contributed by atoms with Gasteiger partial charge in [-0.3, -0.25) is 5.32 Å². The van der Waals surface area contributed by atoms with Crippen LogP contribution >= 0.6 is 10.8 Å². The molecular weight excluding hydrogens is 286 g/mol. The van der Waals surface area contributed by atoms with Gasteiger partial charge >= 0.3 is 5.97 Å². The van der Waals surface area contributed by atoms with E-state index in [0.29, 0.717) is 18.0 Å². The number of esters is 1.